The van der Waals surface area contributed by atoms with E-state index in [2.05, 4.69) is 0 Å². The van der Waals surface area contributed by atoms with E-state index < -0.39 is 16.0 Å². The first kappa shape index (κ1) is 13.3. The van der Waals surface area contributed by atoms with Crippen LogP contribution in [-0.4, -0.2) is 32.8 Å². The molecule has 0 saturated carbocycles. The highest BCUT2D eigenvalue weighted by Gasteiger charge is 2.00. The van der Waals surface area contributed by atoms with Crippen molar-refractivity contribution in [3.8, 4) is 11.5 Å². The Kier molecular flexibility index (Phi) is 5.24. The van der Waals surface area contributed by atoms with Crippen molar-refractivity contribution in [1.29, 1.82) is 0 Å². The second-order valence-electron chi connectivity index (χ2n) is 3.16. The lowest BCUT2D eigenvalue weighted by Gasteiger charge is -2.01. The third-order valence-corrected chi connectivity index (χ3v) is 2.88. The lowest BCUT2D eigenvalue weighted by atomic mass is 10.2. The molecule has 0 fully saturated rings. The summed E-state index contributed by atoms with van der Waals surface area (Å²) in [5.74, 6) is -0.907. The Hall–Kier alpha value is -1.79. The maximum absolute atomic E-state index is 11.2. The number of carbonyl (C=O) groups excluding carboxylic acids is 1. The molecule has 6 heteroatoms. The van der Waals surface area contributed by atoms with Crippen LogP contribution in [0.25, 0.3) is 6.08 Å². The molecule has 92 valence electrons. The van der Waals surface area contributed by atoms with Gasteiger partial charge >= 0.3 is 16.0 Å². The van der Waals surface area contributed by atoms with Gasteiger partial charge in [0.05, 0.1) is 0 Å². The normalized spacial score (nSPS) is 11.4. The van der Waals surface area contributed by atoms with Gasteiger partial charge in [-0.05, 0) is 30.7 Å². The third-order valence-electron chi connectivity index (χ3n) is 1.90. The molecule has 0 unspecified atom stereocenters. The molecule has 0 radical (unpaired) electrons. The molecule has 17 heavy (non-hydrogen) atoms. The van der Waals surface area contributed by atoms with Gasteiger partial charge in [-0.1, -0.05) is 6.07 Å². The van der Waals surface area contributed by atoms with E-state index in [1.54, 1.807) is 6.07 Å². The maximum atomic E-state index is 11.2. The lowest BCUT2D eigenvalue weighted by molar-refractivity contribution is -0.129. The largest absolute Gasteiger partial charge is 0.504 e. The van der Waals surface area contributed by atoms with E-state index in [4.69, 9.17) is 14.0 Å². The van der Waals surface area contributed by atoms with Crippen LogP contribution in [0.15, 0.2) is 24.3 Å². The molecule has 0 aliphatic heterocycles. The van der Waals surface area contributed by atoms with Crippen LogP contribution in [-0.2, 0) is 13.6 Å². The summed E-state index contributed by atoms with van der Waals surface area (Å²) in [5, 5.41) is 18.3. The summed E-state index contributed by atoms with van der Waals surface area (Å²) in [6.07, 6.45) is 2.74. The second kappa shape index (κ2) is 6.72. The van der Waals surface area contributed by atoms with Crippen LogP contribution >= 0.6 is 0 Å². The molecule has 1 aromatic rings. The fraction of sp³-hybridized carbons (Fsp3) is 0.182. The molecular formula is C11H14O5Si. The van der Waals surface area contributed by atoms with Crippen LogP contribution in [0.4, 0.5) is 0 Å². The number of carbonyl (C=O) groups is 1. The van der Waals surface area contributed by atoms with Gasteiger partial charge in [0.15, 0.2) is 11.5 Å². The third kappa shape index (κ3) is 4.71. The van der Waals surface area contributed by atoms with Gasteiger partial charge in [0.1, 0.15) is 0 Å². The molecule has 0 aromatic heterocycles. The van der Waals surface area contributed by atoms with Gasteiger partial charge in [-0.3, -0.25) is 0 Å². The molecule has 0 heterocycles. The first-order valence-corrected chi connectivity index (χ1v) is 6.23. The zero-order valence-electron chi connectivity index (χ0n) is 9.42. The van der Waals surface area contributed by atoms with E-state index in [0.717, 1.165) is 0 Å². The quantitative estimate of drug-likeness (QED) is 0.350. The van der Waals surface area contributed by atoms with Crippen LogP contribution in [0.3, 0.4) is 0 Å². The number of hydrogen-bond acceptors (Lipinski definition) is 5. The van der Waals surface area contributed by atoms with E-state index in [9.17, 15) is 9.90 Å². The molecule has 0 amide bonds. The minimum atomic E-state index is -1.24. The van der Waals surface area contributed by atoms with Gasteiger partial charge in [-0.15, -0.1) is 0 Å². The van der Waals surface area contributed by atoms with E-state index in [1.807, 2.05) is 6.92 Å². The highest BCUT2D eigenvalue weighted by atomic mass is 28.3. The standard InChI is InChI=1S/C11H14O5Si/c1-2-15-17-16-11(14)6-4-8-3-5-9(12)10(13)7-8/h3-7,12-13H,2,17H2,1H3/b6-4+. The average Bonchev–Trinajstić information content (AvgIpc) is 2.31. The fourth-order valence-corrected chi connectivity index (χ4v) is 1.50. The number of benzene rings is 1. The SMILES string of the molecule is CCO[SiH2]OC(=O)/C=C/c1ccc(O)c(O)c1. The summed E-state index contributed by atoms with van der Waals surface area (Å²) in [5.41, 5.74) is 0.593. The van der Waals surface area contributed by atoms with Gasteiger partial charge in [0.2, 0.25) is 0 Å². The Bertz CT molecular complexity index is 416. The smallest absolute Gasteiger partial charge is 0.369 e. The minimum Gasteiger partial charge on any atom is -0.504 e. The number of aromatic hydroxyl groups is 2. The van der Waals surface area contributed by atoms with Gasteiger partial charge in [-0.2, -0.15) is 0 Å². The van der Waals surface area contributed by atoms with Crippen molar-refractivity contribution in [2.24, 2.45) is 0 Å². The molecule has 5 nitrogen and oxygen atoms in total. The van der Waals surface area contributed by atoms with Crippen molar-refractivity contribution in [2.45, 2.75) is 6.92 Å². The van der Waals surface area contributed by atoms with Crippen LogP contribution in [0, 0.1) is 0 Å². The van der Waals surface area contributed by atoms with E-state index in [-0.39, 0.29) is 11.5 Å². The molecular weight excluding hydrogens is 240 g/mol. The van der Waals surface area contributed by atoms with Crippen molar-refractivity contribution in [3.05, 3.63) is 29.8 Å². The van der Waals surface area contributed by atoms with Gasteiger partial charge in [0.25, 0.3) is 0 Å². The van der Waals surface area contributed by atoms with Crippen LogP contribution in [0.5, 0.6) is 11.5 Å². The zero-order valence-corrected chi connectivity index (χ0v) is 10.8. The van der Waals surface area contributed by atoms with Gasteiger partial charge < -0.3 is 19.1 Å². The highest BCUT2D eigenvalue weighted by molar-refractivity contribution is 6.23. The number of phenolic OH excluding ortho intramolecular Hbond substituents is 2. The predicted octanol–water partition coefficient (Wildman–Crippen LogP) is 0.689. The van der Waals surface area contributed by atoms with Crippen molar-refractivity contribution in [3.63, 3.8) is 0 Å². The van der Waals surface area contributed by atoms with E-state index >= 15 is 0 Å². The Morgan fingerprint density at radius 3 is 2.82 bits per heavy atom. The maximum Gasteiger partial charge on any atom is 0.369 e. The molecule has 2 N–H and O–H groups in total. The van der Waals surface area contributed by atoms with Crippen molar-refractivity contribution in [2.75, 3.05) is 6.61 Å². The first-order chi connectivity index (χ1) is 8.13. The topological polar surface area (TPSA) is 76.0 Å². The summed E-state index contributed by atoms with van der Waals surface area (Å²) in [6.45, 7) is 2.37. The Balaban J connectivity index is 2.52. The van der Waals surface area contributed by atoms with E-state index in [1.165, 1.54) is 24.3 Å². The van der Waals surface area contributed by atoms with Crippen LogP contribution in [0.1, 0.15) is 12.5 Å². The second-order valence-corrected chi connectivity index (χ2v) is 4.09. The summed E-state index contributed by atoms with van der Waals surface area (Å²) in [4.78, 5) is 11.2. The monoisotopic (exact) mass is 254 g/mol. The number of rotatable bonds is 5. The molecule has 0 atom stereocenters. The lowest BCUT2D eigenvalue weighted by Crippen LogP contribution is -2.09. The predicted molar refractivity (Wildman–Crippen MR) is 65.1 cm³/mol. The van der Waals surface area contributed by atoms with Crippen molar-refractivity contribution in [1.82, 2.24) is 0 Å². The van der Waals surface area contributed by atoms with E-state index in [0.29, 0.717) is 12.2 Å². The summed E-state index contributed by atoms with van der Waals surface area (Å²) in [7, 11) is -1.24. The number of hydrogen-bond donors (Lipinski definition) is 2. The number of phenols is 2. The Morgan fingerprint density at radius 1 is 1.41 bits per heavy atom. The Labute approximate surface area is 101 Å². The average molecular weight is 254 g/mol. The molecule has 0 spiro atoms. The fourth-order valence-electron chi connectivity index (χ4n) is 1.04. The van der Waals surface area contributed by atoms with Gasteiger partial charge in [-0.25, -0.2) is 4.79 Å². The summed E-state index contributed by atoms with van der Waals surface area (Å²) >= 11 is 0. The molecule has 0 saturated heterocycles. The summed E-state index contributed by atoms with van der Waals surface area (Å²) < 4.78 is 9.82. The van der Waals surface area contributed by atoms with Crippen LogP contribution in [0.2, 0.25) is 0 Å². The molecule has 0 aliphatic carbocycles. The molecule has 1 aromatic carbocycles. The van der Waals surface area contributed by atoms with Crippen molar-refractivity contribution >= 4 is 22.1 Å². The first-order valence-electron chi connectivity index (χ1n) is 5.08. The highest BCUT2D eigenvalue weighted by Crippen LogP contribution is 2.25. The summed E-state index contributed by atoms with van der Waals surface area (Å²) in [6, 6.07) is 4.26. The Morgan fingerprint density at radius 2 is 2.18 bits per heavy atom. The van der Waals surface area contributed by atoms with Crippen molar-refractivity contribution < 1.29 is 23.9 Å². The van der Waals surface area contributed by atoms with Crippen LogP contribution < -0.4 is 0 Å². The molecule has 0 bridgehead atoms. The minimum absolute atomic E-state index is 0.200. The molecule has 0 aliphatic rings. The molecule has 1 rings (SSSR count). The van der Waals surface area contributed by atoms with Gasteiger partial charge in [0, 0.05) is 12.7 Å². The zero-order chi connectivity index (χ0) is 12.7.